The lowest BCUT2D eigenvalue weighted by atomic mass is 9.73. The van der Waals surface area contributed by atoms with Crippen molar-refractivity contribution < 1.29 is 19.0 Å². The molecule has 2 aliphatic heterocycles. The average Bonchev–Trinajstić information content (AvgIpc) is 2.86. The second-order valence-corrected chi connectivity index (χ2v) is 6.84. The van der Waals surface area contributed by atoms with Crippen molar-refractivity contribution in [3.05, 3.63) is 35.6 Å². The van der Waals surface area contributed by atoms with Gasteiger partial charge in [-0.1, -0.05) is 32.0 Å². The number of fused-ring (bicyclic) bond motifs is 2. The van der Waals surface area contributed by atoms with Gasteiger partial charge in [-0.2, -0.15) is 0 Å². The second-order valence-electron chi connectivity index (χ2n) is 6.84. The maximum Gasteiger partial charge on any atom is 0.128 e. The number of halogens is 1. The molecule has 2 aliphatic rings. The molecule has 0 spiro atoms. The second kappa shape index (κ2) is 5.04. The van der Waals surface area contributed by atoms with Crippen molar-refractivity contribution in [2.24, 2.45) is 5.92 Å². The standard InChI is InChI=1S/C17H23FO3/c1-11(2)17-9-15(16(3,21-17)8-14(17)19)20-10-12-6-4-5-7-13(12)18/h4-7,11,14-15,19H,8-10H2,1-3H3/t14-,15-,16+,17-/m1/s1. The molecule has 2 fully saturated rings. The van der Waals surface area contributed by atoms with E-state index in [4.69, 9.17) is 9.47 Å². The molecule has 0 saturated carbocycles. The van der Waals surface area contributed by atoms with Gasteiger partial charge in [0.15, 0.2) is 0 Å². The summed E-state index contributed by atoms with van der Waals surface area (Å²) in [7, 11) is 0. The van der Waals surface area contributed by atoms with Gasteiger partial charge < -0.3 is 14.6 Å². The molecule has 0 aliphatic carbocycles. The summed E-state index contributed by atoms with van der Waals surface area (Å²) in [4.78, 5) is 0. The molecule has 3 rings (SSSR count). The molecule has 2 bridgehead atoms. The van der Waals surface area contributed by atoms with E-state index in [9.17, 15) is 9.50 Å². The van der Waals surface area contributed by atoms with E-state index in [-0.39, 0.29) is 24.4 Å². The predicted molar refractivity (Wildman–Crippen MR) is 77.3 cm³/mol. The number of hydrogen-bond acceptors (Lipinski definition) is 3. The molecule has 4 heteroatoms. The van der Waals surface area contributed by atoms with E-state index >= 15 is 0 Å². The Bertz CT molecular complexity index is 533. The molecule has 1 N–H and O–H groups in total. The molecule has 0 radical (unpaired) electrons. The monoisotopic (exact) mass is 294 g/mol. The van der Waals surface area contributed by atoms with Gasteiger partial charge in [-0.3, -0.25) is 0 Å². The molecular formula is C17H23FO3. The van der Waals surface area contributed by atoms with Gasteiger partial charge in [-0.05, 0) is 18.9 Å². The Labute approximate surface area is 125 Å². The van der Waals surface area contributed by atoms with Gasteiger partial charge in [0.2, 0.25) is 0 Å². The number of rotatable bonds is 4. The van der Waals surface area contributed by atoms with E-state index in [0.717, 1.165) is 0 Å². The average molecular weight is 294 g/mol. The van der Waals surface area contributed by atoms with E-state index in [0.29, 0.717) is 18.4 Å². The Balaban J connectivity index is 1.73. The van der Waals surface area contributed by atoms with Crippen molar-refractivity contribution in [3.63, 3.8) is 0 Å². The van der Waals surface area contributed by atoms with Gasteiger partial charge in [-0.25, -0.2) is 4.39 Å². The summed E-state index contributed by atoms with van der Waals surface area (Å²) in [5.74, 6) is -0.0262. The molecule has 1 aromatic rings. The first-order valence-electron chi connectivity index (χ1n) is 7.61. The van der Waals surface area contributed by atoms with Crippen molar-refractivity contribution in [1.82, 2.24) is 0 Å². The molecule has 21 heavy (non-hydrogen) atoms. The van der Waals surface area contributed by atoms with E-state index in [1.807, 2.05) is 6.92 Å². The number of benzene rings is 1. The zero-order valence-corrected chi connectivity index (χ0v) is 12.8. The largest absolute Gasteiger partial charge is 0.390 e. The summed E-state index contributed by atoms with van der Waals surface area (Å²) in [6.45, 7) is 6.35. The maximum absolute atomic E-state index is 13.7. The summed E-state index contributed by atoms with van der Waals surface area (Å²) in [5, 5.41) is 10.3. The summed E-state index contributed by atoms with van der Waals surface area (Å²) >= 11 is 0. The Morgan fingerprint density at radius 1 is 1.38 bits per heavy atom. The smallest absolute Gasteiger partial charge is 0.128 e. The van der Waals surface area contributed by atoms with Crippen LogP contribution in [0.4, 0.5) is 4.39 Å². The minimum Gasteiger partial charge on any atom is -0.390 e. The third-order valence-electron chi connectivity index (χ3n) is 5.15. The Kier molecular flexibility index (Phi) is 3.59. The topological polar surface area (TPSA) is 38.7 Å². The molecule has 3 nitrogen and oxygen atoms in total. The Morgan fingerprint density at radius 2 is 2.10 bits per heavy atom. The third-order valence-corrected chi connectivity index (χ3v) is 5.15. The summed E-state index contributed by atoms with van der Waals surface area (Å²) in [5.41, 5.74) is -0.438. The van der Waals surface area contributed by atoms with Gasteiger partial charge in [0.05, 0.1) is 30.0 Å². The van der Waals surface area contributed by atoms with Crippen LogP contribution >= 0.6 is 0 Å². The van der Waals surface area contributed by atoms with Crippen molar-refractivity contribution in [1.29, 1.82) is 0 Å². The van der Waals surface area contributed by atoms with Gasteiger partial charge in [0.25, 0.3) is 0 Å². The van der Waals surface area contributed by atoms with Gasteiger partial charge in [0.1, 0.15) is 5.82 Å². The lowest BCUT2D eigenvalue weighted by Gasteiger charge is -2.35. The van der Waals surface area contributed by atoms with Crippen LogP contribution in [-0.2, 0) is 16.1 Å². The minimum absolute atomic E-state index is 0.108. The zero-order valence-electron chi connectivity index (χ0n) is 12.8. The minimum atomic E-state index is -0.519. The van der Waals surface area contributed by atoms with Crippen LogP contribution in [0, 0.1) is 11.7 Å². The lowest BCUT2D eigenvalue weighted by molar-refractivity contribution is -0.107. The van der Waals surface area contributed by atoms with Crippen molar-refractivity contribution in [2.45, 2.75) is 63.6 Å². The van der Waals surface area contributed by atoms with E-state index in [2.05, 4.69) is 13.8 Å². The van der Waals surface area contributed by atoms with Crippen LogP contribution in [0.25, 0.3) is 0 Å². The van der Waals surface area contributed by atoms with E-state index in [1.54, 1.807) is 18.2 Å². The van der Waals surface area contributed by atoms with Crippen LogP contribution in [0.5, 0.6) is 0 Å². The number of ether oxygens (including phenoxy) is 2. The van der Waals surface area contributed by atoms with Crippen LogP contribution in [0.2, 0.25) is 0 Å². The highest BCUT2D eigenvalue weighted by atomic mass is 19.1. The summed E-state index contributed by atoms with van der Waals surface area (Å²) in [6.07, 6.45) is 0.683. The van der Waals surface area contributed by atoms with E-state index in [1.165, 1.54) is 6.07 Å². The van der Waals surface area contributed by atoms with Crippen molar-refractivity contribution in [2.75, 3.05) is 0 Å². The molecule has 4 atom stereocenters. The van der Waals surface area contributed by atoms with Crippen LogP contribution in [0.15, 0.2) is 24.3 Å². The Morgan fingerprint density at radius 3 is 2.71 bits per heavy atom. The molecule has 2 heterocycles. The molecule has 116 valence electrons. The summed E-state index contributed by atoms with van der Waals surface area (Å²) in [6, 6.07) is 6.65. The number of hydrogen-bond donors (Lipinski definition) is 1. The maximum atomic E-state index is 13.7. The first kappa shape index (κ1) is 14.9. The molecule has 1 aromatic carbocycles. The van der Waals surface area contributed by atoms with E-state index < -0.39 is 17.3 Å². The van der Waals surface area contributed by atoms with Gasteiger partial charge >= 0.3 is 0 Å². The first-order chi connectivity index (χ1) is 9.87. The third kappa shape index (κ3) is 2.30. The fourth-order valence-corrected chi connectivity index (χ4v) is 3.76. The van der Waals surface area contributed by atoms with Crippen LogP contribution in [0.1, 0.15) is 39.2 Å². The number of aliphatic hydroxyl groups excluding tert-OH is 1. The number of aliphatic hydroxyl groups is 1. The first-order valence-corrected chi connectivity index (χ1v) is 7.61. The highest BCUT2D eigenvalue weighted by Crippen LogP contribution is 2.55. The van der Waals surface area contributed by atoms with Crippen molar-refractivity contribution >= 4 is 0 Å². The van der Waals surface area contributed by atoms with Crippen LogP contribution in [0.3, 0.4) is 0 Å². The molecule has 0 amide bonds. The zero-order chi connectivity index (χ0) is 15.3. The SMILES string of the molecule is CC(C)[C@]12C[C@@H](OCc3ccccc3F)[C@](C)(C[C@H]1O)O2. The van der Waals surface area contributed by atoms with Gasteiger partial charge in [-0.15, -0.1) is 0 Å². The lowest BCUT2D eigenvalue weighted by Crippen LogP contribution is -2.47. The highest BCUT2D eigenvalue weighted by molar-refractivity contribution is 5.18. The van der Waals surface area contributed by atoms with Crippen LogP contribution < -0.4 is 0 Å². The van der Waals surface area contributed by atoms with Gasteiger partial charge in [0, 0.05) is 18.4 Å². The predicted octanol–water partition coefficient (Wildman–Crippen LogP) is 3.05. The summed E-state index contributed by atoms with van der Waals surface area (Å²) < 4.78 is 25.8. The molecular weight excluding hydrogens is 271 g/mol. The fourth-order valence-electron chi connectivity index (χ4n) is 3.76. The van der Waals surface area contributed by atoms with Crippen LogP contribution in [-0.4, -0.2) is 28.5 Å². The molecule has 0 aromatic heterocycles. The molecule has 2 saturated heterocycles. The quantitative estimate of drug-likeness (QED) is 0.927. The fraction of sp³-hybridized carbons (Fsp3) is 0.647. The Hall–Kier alpha value is -0.970. The molecule has 0 unspecified atom stereocenters. The van der Waals surface area contributed by atoms with Crippen molar-refractivity contribution in [3.8, 4) is 0 Å². The normalized spacial score (nSPS) is 38.4. The highest BCUT2D eigenvalue weighted by Gasteiger charge is 2.65.